The van der Waals surface area contributed by atoms with Crippen LogP contribution in [-0.4, -0.2) is 28.6 Å². The van der Waals surface area contributed by atoms with Gasteiger partial charge in [-0.15, -0.1) is 0 Å². The number of nitrogens with zero attached hydrogens (tertiary/aromatic N) is 2. The lowest BCUT2D eigenvalue weighted by Gasteiger charge is -2.25. The predicted molar refractivity (Wildman–Crippen MR) is 67.7 cm³/mol. The second-order valence-corrected chi connectivity index (χ2v) is 4.43. The van der Waals surface area contributed by atoms with Crippen LogP contribution in [0.25, 0.3) is 0 Å². The molecule has 0 spiro atoms. The Balaban J connectivity index is 2.87. The first-order valence-electron chi connectivity index (χ1n) is 5.54. The number of aryl methyl sites for hydroxylation is 1. The second-order valence-electron chi connectivity index (χ2n) is 4.43. The molecule has 1 aromatic rings. The third kappa shape index (κ3) is 3.66. The maximum atomic E-state index is 5.67. The third-order valence-electron chi connectivity index (χ3n) is 2.17. The van der Waals surface area contributed by atoms with Crippen LogP contribution in [0, 0.1) is 6.92 Å². The molecule has 0 aromatic carbocycles. The van der Waals surface area contributed by atoms with Gasteiger partial charge in [-0.3, -0.25) is 0 Å². The van der Waals surface area contributed by atoms with Crippen molar-refractivity contribution >= 4 is 11.6 Å². The first kappa shape index (κ1) is 12.7. The van der Waals surface area contributed by atoms with Crippen molar-refractivity contribution in [1.29, 1.82) is 0 Å². The van der Waals surface area contributed by atoms with Gasteiger partial charge in [-0.05, 0) is 27.7 Å². The van der Waals surface area contributed by atoms with Gasteiger partial charge in [0.25, 0.3) is 0 Å². The molecule has 4 N–H and O–H groups in total. The summed E-state index contributed by atoms with van der Waals surface area (Å²) in [5.41, 5.74) is 5.50. The Bertz CT molecular complexity index is 348. The molecule has 0 aliphatic carbocycles. The summed E-state index contributed by atoms with van der Waals surface area (Å²) in [6.45, 7) is 9.38. The topological polar surface area (TPSA) is 75.9 Å². The highest BCUT2D eigenvalue weighted by molar-refractivity contribution is 5.48. The van der Waals surface area contributed by atoms with Crippen LogP contribution in [0.1, 0.15) is 26.6 Å². The van der Waals surface area contributed by atoms with Gasteiger partial charge in [-0.2, -0.15) is 0 Å². The summed E-state index contributed by atoms with van der Waals surface area (Å²) >= 11 is 0. The summed E-state index contributed by atoms with van der Waals surface area (Å²) in [5.74, 6) is 2.39. The van der Waals surface area contributed by atoms with Crippen LogP contribution in [0.4, 0.5) is 11.6 Å². The van der Waals surface area contributed by atoms with Crippen molar-refractivity contribution in [2.24, 2.45) is 5.73 Å². The van der Waals surface area contributed by atoms with E-state index >= 15 is 0 Å². The molecule has 0 saturated heterocycles. The fourth-order valence-corrected chi connectivity index (χ4v) is 1.30. The number of anilines is 2. The number of nitrogens with two attached hydrogens (primary N) is 1. The fraction of sp³-hybridized carbons (Fsp3) is 0.636. The number of rotatable bonds is 5. The minimum absolute atomic E-state index is 0.162. The average Bonchev–Trinajstić information content (AvgIpc) is 2.16. The second kappa shape index (κ2) is 5.12. The highest BCUT2D eigenvalue weighted by Gasteiger charge is 2.15. The molecule has 1 rings (SSSR count). The molecule has 0 fully saturated rings. The van der Waals surface area contributed by atoms with Gasteiger partial charge in [0.1, 0.15) is 17.5 Å². The zero-order valence-electron chi connectivity index (χ0n) is 10.5. The van der Waals surface area contributed by atoms with Gasteiger partial charge < -0.3 is 16.4 Å². The van der Waals surface area contributed by atoms with Crippen molar-refractivity contribution in [3.8, 4) is 0 Å². The largest absolute Gasteiger partial charge is 0.370 e. The van der Waals surface area contributed by atoms with Crippen molar-refractivity contribution in [2.75, 3.05) is 23.7 Å². The molecule has 0 aliphatic heterocycles. The molecular weight excluding hydrogens is 202 g/mol. The van der Waals surface area contributed by atoms with E-state index in [0.717, 1.165) is 24.0 Å². The highest BCUT2D eigenvalue weighted by atomic mass is 15.1. The Labute approximate surface area is 96.9 Å². The summed E-state index contributed by atoms with van der Waals surface area (Å²) in [7, 11) is 0. The van der Waals surface area contributed by atoms with Crippen LogP contribution in [0.2, 0.25) is 0 Å². The fourth-order valence-electron chi connectivity index (χ4n) is 1.30. The molecule has 16 heavy (non-hydrogen) atoms. The monoisotopic (exact) mass is 223 g/mol. The normalized spacial score (nSPS) is 11.3. The van der Waals surface area contributed by atoms with Crippen LogP contribution in [0.15, 0.2) is 6.07 Å². The van der Waals surface area contributed by atoms with Crippen molar-refractivity contribution in [2.45, 2.75) is 33.2 Å². The zero-order chi connectivity index (χ0) is 12.2. The zero-order valence-corrected chi connectivity index (χ0v) is 10.5. The molecule has 0 amide bonds. The van der Waals surface area contributed by atoms with Gasteiger partial charge in [-0.25, -0.2) is 9.97 Å². The summed E-state index contributed by atoms with van der Waals surface area (Å²) in [4.78, 5) is 8.62. The average molecular weight is 223 g/mol. The quantitative estimate of drug-likeness (QED) is 0.703. The SMILES string of the molecule is CCNc1cc(NC(C)(C)CN)nc(C)n1. The van der Waals surface area contributed by atoms with E-state index in [1.807, 2.05) is 33.8 Å². The molecule has 0 atom stereocenters. The predicted octanol–water partition coefficient (Wildman–Crippen LogP) is 1.37. The van der Waals surface area contributed by atoms with E-state index in [1.54, 1.807) is 0 Å². The Hall–Kier alpha value is -1.36. The molecule has 0 aliphatic rings. The van der Waals surface area contributed by atoms with E-state index in [1.165, 1.54) is 0 Å². The maximum Gasteiger partial charge on any atom is 0.132 e. The Morgan fingerprint density at radius 3 is 2.50 bits per heavy atom. The number of hydrogen-bond donors (Lipinski definition) is 3. The van der Waals surface area contributed by atoms with Crippen molar-refractivity contribution in [1.82, 2.24) is 9.97 Å². The molecule has 0 saturated carbocycles. The van der Waals surface area contributed by atoms with Crippen LogP contribution in [0.5, 0.6) is 0 Å². The summed E-state index contributed by atoms with van der Waals surface area (Å²) in [5, 5.41) is 6.46. The maximum absolute atomic E-state index is 5.67. The van der Waals surface area contributed by atoms with E-state index in [4.69, 9.17) is 5.73 Å². The lowest BCUT2D eigenvalue weighted by atomic mass is 10.1. The van der Waals surface area contributed by atoms with E-state index in [2.05, 4.69) is 20.6 Å². The smallest absolute Gasteiger partial charge is 0.132 e. The number of aromatic nitrogens is 2. The summed E-state index contributed by atoms with van der Waals surface area (Å²) < 4.78 is 0. The van der Waals surface area contributed by atoms with Crippen molar-refractivity contribution in [3.05, 3.63) is 11.9 Å². The van der Waals surface area contributed by atoms with Gasteiger partial charge in [-0.1, -0.05) is 0 Å². The van der Waals surface area contributed by atoms with Crippen LogP contribution in [-0.2, 0) is 0 Å². The van der Waals surface area contributed by atoms with Crippen LogP contribution in [0.3, 0.4) is 0 Å². The molecule has 0 unspecified atom stereocenters. The summed E-state index contributed by atoms with van der Waals surface area (Å²) in [6.07, 6.45) is 0. The third-order valence-corrected chi connectivity index (χ3v) is 2.17. The van der Waals surface area contributed by atoms with E-state index in [9.17, 15) is 0 Å². The number of hydrogen-bond acceptors (Lipinski definition) is 5. The van der Waals surface area contributed by atoms with E-state index < -0.39 is 0 Å². The first-order valence-corrected chi connectivity index (χ1v) is 5.54. The highest BCUT2D eigenvalue weighted by Crippen LogP contribution is 2.15. The van der Waals surface area contributed by atoms with E-state index in [-0.39, 0.29) is 5.54 Å². The van der Waals surface area contributed by atoms with Crippen molar-refractivity contribution in [3.63, 3.8) is 0 Å². The summed E-state index contributed by atoms with van der Waals surface area (Å²) in [6, 6.07) is 1.90. The van der Waals surface area contributed by atoms with E-state index in [0.29, 0.717) is 6.54 Å². The molecule has 0 bridgehead atoms. The minimum Gasteiger partial charge on any atom is -0.370 e. The minimum atomic E-state index is -0.162. The lowest BCUT2D eigenvalue weighted by molar-refractivity contribution is 0.577. The van der Waals surface area contributed by atoms with Crippen LogP contribution >= 0.6 is 0 Å². The molecule has 90 valence electrons. The van der Waals surface area contributed by atoms with Gasteiger partial charge in [0.05, 0.1) is 0 Å². The Morgan fingerprint density at radius 1 is 1.31 bits per heavy atom. The van der Waals surface area contributed by atoms with Gasteiger partial charge in [0, 0.05) is 24.7 Å². The van der Waals surface area contributed by atoms with Crippen LogP contribution < -0.4 is 16.4 Å². The molecule has 5 heteroatoms. The number of nitrogens with one attached hydrogen (secondary N) is 2. The standard InChI is InChI=1S/C11H21N5/c1-5-13-9-6-10(15-8(2)14-9)16-11(3,4)7-12/h6H,5,7,12H2,1-4H3,(H2,13,14,15,16). The molecule has 1 heterocycles. The first-order chi connectivity index (χ1) is 7.46. The Kier molecular flexibility index (Phi) is 4.06. The van der Waals surface area contributed by atoms with Crippen molar-refractivity contribution < 1.29 is 0 Å². The molecule has 1 aromatic heterocycles. The van der Waals surface area contributed by atoms with Gasteiger partial charge in [0.2, 0.25) is 0 Å². The lowest BCUT2D eigenvalue weighted by Crippen LogP contribution is -2.39. The van der Waals surface area contributed by atoms with Gasteiger partial charge in [0.15, 0.2) is 0 Å². The molecular formula is C11H21N5. The molecule has 0 radical (unpaired) electrons. The van der Waals surface area contributed by atoms with Gasteiger partial charge >= 0.3 is 0 Å². The Morgan fingerprint density at radius 2 is 1.94 bits per heavy atom. The molecule has 5 nitrogen and oxygen atoms in total.